The highest BCUT2D eigenvalue weighted by atomic mass is 32.2. The normalized spacial score (nSPS) is 11.9. The van der Waals surface area contributed by atoms with E-state index in [0.29, 0.717) is 5.52 Å². The van der Waals surface area contributed by atoms with Crippen LogP contribution >= 0.6 is 0 Å². The van der Waals surface area contributed by atoms with Gasteiger partial charge in [0.05, 0.1) is 10.4 Å². The van der Waals surface area contributed by atoms with Crippen LogP contribution in [0.1, 0.15) is 5.56 Å². The highest BCUT2D eigenvalue weighted by Gasteiger charge is 2.21. The van der Waals surface area contributed by atoms with E-state index in [1.165, 1.54) is 3.97 Å². The van der Waals surface area contributed by atoms with Gasteiger partial charge in [-0.3, -0.25) is 0 Å². The number of phenols is 1. The van der Waals surface area contributed by atoms with E-state index in [9.17, 15) is 13.5 Å². The van der Waals surface area contributed by atoms with Gasteiger partial charge in [-0.25, -0.2) is 12.4 Å². The molecule has 1 aromatic heterocycles. The van der Waals surface area contributed by atoms with Crippen LogP contribution in [-0.4, -0.2) is 17.5 Å². The van der Waals surface area contributed by atoms with Crippen LogP contribution in [0.2, 0.25) is 0 Å². The van der Waals surface area contributed by atoms with Crippen LogP contribution in [0.5, 0.6) is 5.75 Å². The molecule has 4 nitrogen and oxygen atoms in total. The van der Waals surface area contributed by atoms with Crippen LogP contribution in [0.4, 0.5) is 0 Å². The van der Waals surface area contributed by atoms with Crippen molar-refractivity contribution in [3.63, 3.8) is 0 Å². The highest BCUT2D eigenvalue weighted by molar-refractivity contribution is 7.90. The van der Waals surface area contributed by atoms with Gasteiger partial charge in [-0.15, -0.1) is 0 Å². The Morgan fingerprint density at radius 2 is 1.50 bits per heavy atom. The molecular weight excluding hydrogens is 394 g/mol. The van der Waals surface area contributed by atoms with E-state index in [1.54, 1.807) is 42.6 Å². The smallest absolute Gasteiger partial charge is 0.268 e. The Morgan fingerprint density at radius 3 is 2.30 bits per heavy atom. The van der Waals surface area contributed by atoms with Gasteiger partial charge in [-0.2, -0.15) is 0 Å². The summed E-state index contributed by atoms with van der Waals surface area (Å²) in [5.74, 6) is 0.219. The lowest BCUT2D eigenvalue weighted by Crippen LogP contribution is -2.11. The number of hydrogen-bond acceptors (Lipinski definition) is 3. The van der Waals surface area contributed by atoms with Crippen molar-refractivity contribution in [2.75, 3.05) is 0 Å². The molecule has 0 bridgehead atoms. The first-order valence-corrected chi connectivity index (χ1v) is 11.0. The van der Waals surface area contributed by atoms with Gasteiger partial charge in [0.2, 0.25) is 0 Å². The minimum atomic E-state index is -3.73. The van der Waals surface area contributed by atoms with Crippen LogP contribution in [0.25, 0.3) is 32.8 Å². The van der Waals surface area contributed by atoms with Crippen LogP contribution in [-0.2, 0) is 10.0 Å². The van der Waals surface area contributed by atoms with Crippen molar-refractivity contribution in [2.45, 2.75) is 11.8 Å². The molecule has 0 spiro atoms. The molecule has 0 saturated carbocycles. The number of aryl methyl sites for hydroxylation is 1. The van der Waals surface area contributed by atoms with E-state index < -0.39 is 10.0 Å². The Bertz CT molecular complexity index is 1510. The summed E-state index contributed by atoms with van der Waals surface area (Å²) in [6, 6.07) is 25.5. The molecule has 30 heavy (non-hydrogen) atoms. The zero-order chi connectivity index (χ0) is 20.9. The lowest BCUT2D eigenvalue weighted by Gasteiger charge is -2.07. The van der Waals surface area contributed by atoms with Crippen LogP contribution < -0.4 is 0 Å². The molecule has 0 atom stereocenters. The Kier molecular flexibility index (Phi) is 4.15. The molecule has 0 aliphatic heterocycles. The van der Waals surface area contributed by atoms with Crippen LogP contribution in [0.15, 0.2) is 96.0 Å². The topological polar surface area (TPSA) is 59.3 Å². The maximum Gasteiger partial charge on any atom is 0.268 e. The van der Waals surface area contributed by atoms with Crippen molar-refractivity contribution >= 4 is 31.7 Å². The highest BCUT2D eigenvalue weighted by Crippen LogP contribution is 2.35. The van der Waals surface area contributed by atoms with Gasteiger partial charge in [0, 0.05) is 17.1 Å². The molecule has 0 fully saturated rings. The first kappa shape index (κ1) is 18.5. The van der Waals surface area contributed by atoms with Gasteiger partial charge >= 0.3 is 0 Å². The number of aromatic hydroxyl groups is 1. The molecule has 1 heterocycles. The van der Waals surface area contributed by atoms with Gasteiger partial charge in [0.1, 0.15) is 5.75 Å². The fraction of sp³-hybridized carbons (Fsp3) is 0.0400. The monoisotopic (exact) mass is 413 g/mol. The lowest BCUT2D eigenvalue weighted by atomic mass is 10.0. The number of aromatic nitrogens is 1. The van der Waals surface area contributed by atoms with Crippen LogP contribution in [0.3, 0.4) is 0 Å². The SMILES string of the molecule is Cc1ccc(S(=O)(=O)n2cc(-c3ccc4cc(O)ccc4c3)c3ccccc32)cc1. The summed E-state index contributed by atoms with van der Waals surface area (Å²) in [7, 11) is -3.73. The minimum absolute atomic E-state index is 0.219. The summed E-state index contributed by atoms with van der Waals surface area (Å²) in [5, 5.41) is 12.5. The van der Waals surface area contributed by atoms with Crippen molar-refractivity contribution in [2.24, 2.45) is 0 Å². The van der Waals surface area contributed by atoms with Gasteiger partial charge in [0.25, 0.3) is 10.0 Å². The molecule has 0 aliphatic rings. The molecule has 5 aromatic rings. The van der Waals surface area contributed by atoms with Gasteiger partial charge in [-0.1, -0.05) is 54.1 Å². The Morgan fingerprint density at radius 1 is 0.800 bits per heavy atom. The maximum absolute atomic E-state index is 13.4. The summed E-state index contributed by atoms with van der Waals surface area (Å²) in [5.41, 5.74) is 3.41. The lowest BCUT2D eigenvalue weighted by molar-refractivity contribution is 0.476. The molecule has 0 aliphatic carbocycles. The fourth-order valence-corrected chi connectivity index (χ4v) is 5.17. The van der Waals surface area contributed by atoms with Gasteiger partial charge in [-0.05, 0) is 59.7 Å². The molecule has 0 saturated heterocycles. The van der Waals surface area contributed by atoms with Crippen LogP contribution in [0, 0.1) is 6.92 Å². The van der Waals surface area contributed by atoms with Gasteiger partial charge < -0.3 is 5.11 Å². The summed E-state index contributed by atoms with van der Waals surface area (Å²) in [6.45, 7) is 1.93. The predicted molar refractivity (Wildman–Crippen MR) is 120 cm³/mol. The molecule has 5 rings (SSSR count). The molecule has 1 N–H and O–H groups in total. The number of benzene rings is 4. The van der Waals surface area contributed by atoms with Gasteiger partial charge in [0.15, 0.2) is 0 Å². The standard InChI is InChI=1S/C25H19NO3S/c1-17-6-12-22(13-7-17)30(28,29)26-16-24(23-4-2-3-5-25(23)26)20-9-8-19-15-21(27)11-10-18(19)14-20/h2-16,27H,1H3. The molecule has 4 aromatic carbocycles. The number of phenolic OH excluding ortho intramolecular Hbond substituents is 1. The zero-order valence-corrected chi connectivity index (χ0v) is 17.1. The van der Waals surface area contributed by atoms with E-state index >= 15 is 0 Å². The van der Waals surface area contributed by atoms with E-state index in [0.717, 1.165) is 32.8 Å². The summed E-state index contributed by atoms with van der Waals surface area (Å²) < 4.78 is 28.1. The van der Waals surface area contributed by atoms with Crippen molar-refractivity contribution in [1.29, 1.82) is 0 Å². The Hall–Kier alpha value is -3.57. The third kappa shape index (κ3) is 2.95. The Labute approximate surface area is 174 Å². The molecule has 0 unspecified atom stereocenters. The Balaban J connectivity index is 1.74. The molecule has 0 amide bonds. The molecule has 148 valence electrons. The summed E-state index contributed by atoms with van der Waals surface area (Å²) in [4.78, 5) is 0.259. The zero-order valence-electron chi connectivity index (χ0n) is 16.3. The number of rotatable bonds is 3. The molecule has 5 heteroatoms. The van der Waals surface area contributed by atoms with Crippen molar-refractivity contribution < 1.29 is 13.5 Å². The van der Waals surface area contributed by atoms with E-state index in [-0.39, 0.29) is 10.6 Å². The van der Waals surface area contributed by atoms with E-state index in [1.807, 2.05) is 55.5 Å². The number of para-hydroxylation sites is 1. The number of nitrogens with zero attached hydrogens (tertiary/aromatic N) is 1. The second-order valence-electron chi connectivity index (χ2n) is 7.42. The fourth-order valence-electron chi connectivity index (χ4n) is 3.80. The first-order chi connectivity index (χ1) is 14.4. The molecule has 0 radical (unpaired) electrons. The second-order valence-corrected chi connectivity index (χ2v) is 9.24. The number of fused-ring (bicyclic) bond motifs is 2. The average Bonchev–Trinajstić information content (AvgIpc) is 3.14. The molecular formula is C25H19NO3S. The first-order valence-electron chi connectivity index (χ1n) is 9.59. The third-order valence-electron chi connectivity index (χ3n) is 5.39. The summed E-state index contributed by atoms with van der Waals surface area (Å²) >= 11 is 0. The predicted octanol–water partition coefficient (Wildman–Crippen LogP) is 5.71. The maximum atomic E-state index is 13.4. The number of hydrogen-bond donors (Lipinski definition) is 1. The largest absolute Gasteiger partial charge is 0.508 e. The van der Waals surface area contributed by atoms with Crippen molar-refractivity contribution in [3.05, 3.63) is 96.7 Å². The third-order valence-corrected chi connectivity index (χ3v) is 7.08. The van der Waals surface area contributed by atoms with E-state index in [4.69, 9.17) is 0 Å². The van der Waals surface area contributed by atoms with Crippen molar-refractivity contribution in [1.82, 2.24) is 3.97 Å². The van der Waals surface area contributed by atoms with E-state index in [2.05, 4.69) is 0 Å². The van der Waals surface area contributed by atoms with Crippen molar-refractivity contribution in [3.8, 4) is 16.9 Å². The average molecular weight is 413 g/mol. The minimum Gasteiger partial charge on any atom is -0.508 e. The quantitative estimate of drug-likeness (QED) is 0.412. The summed E-state index contributed by atoms with van der Waals surface area (Å²) in [6.07, 6.45) is 1.70. The second kappa shape index (κ2) is 6.75.